The number of carbonyl (C=O) groups excluding carboxylic acids is 3. The number of benzene rings is 1. The Balaban J connectivity index is 2.64. The van der Waals surface area contributed by atoms with Gasteiger partial charge in [0.2, 0.25) is 0 Å². The fraction of sp³-hybridized carbons (Fsp3) is 0.667. The van der Waals surface area contributed by atoms with Crippen molar-refractivity contribution in [1.29, 1.82) is 5.26 Å². The van der Waals surface area contributed by atoms with Crippen LogP contribution < -0.4 is 15.1 Å². The van der Waals surface area contributed by atoms with E-state index in [1.807, 2.05) is 4.90 Å². The summed E-state index contributed by atoms with van der Waals surface area (Å²) < 4.78 is 22.7. The van der Waals surface area contributed by atoms with Crippen molar-refractivity contribution >= 4 is 49.6 Å². The highest BCUT2D eigenvalue weighted by Crippen LogP contribution is 2.41. The lowest BCUT2D eigenvalue weighted by Gasteiger charge is -2.46. The molecule has 0 bridgehead atoms. The van der Waals surface area contributed by atoms with Crippen LogP contribution in [0.1, 0.15) is 74.3 Å². The molecule has 240 valence electrons. The Morgan fingerprint density at radius 3 is 2.00 bits per heavy atom. The first-order valence-electron chi connectivity index (χ1n) is 14.3. The minimum absolute atomic E-state index is 0.0455. The van der Waals surface area contributed by atoms with Crippen molar-refractivity contribution < 1.29 is 33.0 Å². The van der Waals surface area contributed by atoms with E-state index in [9.17, 15) is 19.6 Å². The number of nitrogens with zero attached hydrogens (tertiary/aromatic N) is 3. The molecule has 0 unspecified atom stereocenters. The molecule has 1 heterocycles. The molecule has 1 aromatic rings. The maximum Gasteiger partial charge on any atom is 0.424 e. The summed E-state index contributed by atoms with van der Waals surface area (Å²) in [5, 5.41) is 12.8. The van der Waals surface area contributed by atoms with E-state index in [1.165, 1.54) is 13.2 Å². The molecule has 0 spiro atoms. The number of ether oxygens (including phenoxy) is 3. The first-order chi connectivity index (χ1) is 19.5. The highest BCUT2D eigenvalue weighted by molar-refractivity contribution is 6.74. The van der Waals surface area contributed by atoms with E-state index in [2.05, 4.69) is 45.3 Å². The monoisotopic (exact) mass is 638 g/mol. The number of hydrogen-bond acceptors (Lipinski definition) is 9. The molecule has 3 amide bonds. The average Bonchev–Trinajstić information content (AvgIpc) is 2.83. The van der Waals surface area contributed by atoms with Crippen LogP contribution in [0, 0.1) is 11.3 Å². The molecular weight excluding hydrogens is 592 g/mol. The molecule has 13 heteroatoms. The molecule has 1 aromatic carbocycles. The largest absolute Gasteiger partial charge is 0.453 e. The zero-order chi connectivity index (χ0) is 33.1. The number of halogens is 1. The van der Waals surface area contributed by atoms with Crippen LogP contribution in [0.15, 0.2) is 12.1 Å². The van der Waals surface area contributed by atoms with Crippen LogP contribution in [-0.4, -0.2) is 70.1 Å². The van der Waals surface area contributed by atoms with Gasteiger partial charge in [0.1, 0.15) is 11.2 Å². The minimum atomic E-state index is -2.30. The Hall–Kier alpha value is -3.01. The van der Waals surface area contributed by atoms with Crippen molar-refractivity contribution in [3.8, 4) is 6.07 Å². The van der Waals surface area contributed by atoms with Gasteiger partial charge in [-0.05, 0) is 78.2 Å². The number of nitriles is 1. The molecule has 0 saturated carbocycles. The summed E-state index contributed by atoms with van der Waals surface area (Å²) in [7, 11) is -0.987. The SMILES string of the molecule is COC(=O)N[C@H]1CCN(c2cc(C#N)cc(N(C(=O)OC(C)(C)C)C(=O)OC(C)(C)C)c2Cl)C[C@@H]1O[Si](C)(C)C(C)(C)C. The first-order valence-corrected chi connectivity index (χ1v) is 17.5. The second-order valence-electron chi connectivity index (χ2n) is 14.1. The number of anilines is 2. The van der Waals surface area contributed by atoms with Gasteiger partial charge in [0.15, 0.2) is 8.32 Å². The van der Waals surface area contributed by atoms with E-state index in [0.29, 0.717) is 25.2 Å². The first kappa shape index (κ1) is 36.2. The van der Waals surface area contributed by atoms with Crippen molar-refractivity contribution in [2.24, 2.45) is 0 Å². The fourth-order valence-corrected chi connectivity index (χ4v) is 5.79. The normalized spacial score (nSPS) is 17.9. The lowest BCUT2D eigenvalue weighted by molar-refractivity contribution is 0.0430. The van der Waals surface area contributed by atoms with Gasteiger partial charge in [-0.15, -0.1) is 0 Å². The van der Waals surface area contributed by atoms with Crippen LogP contribution in [0.5, 0.6) is 0 Å². The number of rotatable bonds is 5. The van der Waals surface area contributed by atoms with Crippen molar-refractivity contribution in [3.05, 3.63) is 22.7 Å². The Kier molecular flexibility index (Phi) is 11.2. The van der Waals surface area contributed by atoms with E-state index in [1.54, 1.807) is 47.6 Å². The van der Waals surface area contributed by atoms with Gasteiger partial charge in [0.05, 0.1) is 47.3 Å². The van der Waals surface area contributed by atoms with Crippen molar-refractivity contribution in [2.45, 2.75) is 110 Å². The third-order valence-corrected chi connectivity index (χ3v) is 12.1. The quantitative estimate of drug-likeness (QED) is 0.262. The van der Waals surface area contributed by atoms with E-state index < -0.39 is 43.9 Å². The fourth-order valence-electron chi connectivity index (χ4n) is 4.12. The Morgan fingerprint density at radius 1 is 1.02 bits per heavy atom. The van der Waals surface area contributed by atoms with Gasteiger partial charge >= 0.3 is 18.3 Å². The van der Waals surface area contributed by atoms with E-state index >= 15 is 0 Å². The second kappa shape index (κ2) is 13.3. The zero-order valence-corrected chi connectivity index (χ0v) is 29.3. The highest BCUT2D eigenvalue weighted by Gasteiger charge is 2.43. The molecule has 0 aromatic heterocycles. The van der Waals surface area contributed by atoms with E-state index in [4.69, 9.17) is 30.2 Å². The van der Waals surface area contributed by atoms with Gasteiger partial charge in [-0.25, -0.2) is 14.4 Å². The Morgan fingerprint density at radius 2 is 1.56 bits per heavy atom. The number of imide groups is 1. The topological polar surface area (TPSA) is 130 Å². The molecule has 1 N–H and O–H groups in total. The predicted molar refractivity (Wildman–Crippen MR) is 169 cm³/mol. The number of carbonyl (C=O) groups is 3. The number of methoxy groups -OCH3 is 1. The maximum atomic E-state index is 13.4. The van der Waals surface area contributed by atoms with Crippen molar-refractivity contribution in [1.82, 2.24) is 5.32 Å². The second-order valence-corrected chi connectivity index (χ2v) is 19.3. The molecule has 11 nitrogen and oxygen atoms in total. The van der Waals surface area contributed by atoms with Gasteiger partial charge in [0, 0.05) is 13.1 Å². The average molecular weight is 639 g/mol. The maximum absolute atomic E-state index is 13.4. The molecule has 1 aliphatic heterocycles. The lowest BCUT2D eigenvalue weighted by atomic mass is 10.0. The number of piperidine rings is 1. The van der Waals surface area contributed by atoms with Crippen LogP contribution in [0.2, 0.25) is 23.2 Å². The summed E-state index contributed by atoms with van der Waals surface area (Å²) in [4.78, 5) is 41.6. The predicted octanol–water partition coefficient (Wildman–Crippen LogP) is 7.21. The van der Waals surface area contributed by atoms with Crippen LogP contribution in [0.3, 0.4) is 0 Å². The summed E-state index contributed by atoms with van der Waals surface area (Å²) >= 11 is 6.96. The smallest absolute Gasteiger partial charge is 0.424 e. The van der Waals surface area contributed by atoms with E-state index in [0.717, 1.165) is 4.90 Å². The van der Waals surface area contributed by atoms with Gasteiger partial charge in [-0.1, -0.05) is 32.4 Å². The van der Waals surface area contributed by atoms with Crippen LogP contribution in [0.25, 0.3) is 0 Å². The van der Waals surface area contributed by atoms with Crippen LogP contribution >= 0.6 is 11.6 Å². The van der Waals surface area contributed by atoms with Crippen LogP contribution in [0.4, 0.5) is 25.8 Å². The summed E-state index contributed by atoms with van der Waals surface area (Å²) in [6, 6.07) is 4.72. The molecule has 43 heavy (non-hydrogen) atoms. The summed E-state index contributed by atoms with van der Waals surface area (Å²) in [5.41, 5.74) is -1.31. The molecule has 1 saturated heterocycles. The molecule has 1 aliphatic rings. The van der Waals surface area contributed by atoms with Gasteiger partial charge in [-0.3, -0.25) is 0 Å². The third kappa shape index (κ3) is 9.74. The van der Waals surface area contributed by atoms with Crippen LogP contribution in [-0.2, 0) is 18.6 Å². The standard InChI is InChI=1S/C30H47ClN4O7Si/c1-28(2,3)40-26(37)35(27(38)41-29(4,5)6)22-16-19(17-32)15-21(24(22)31)34-14-13-20(33-25(36)39-10)23(18-34)42-43(11,12)30(7,8)9/h15-16,20,23H,13-14,18H2,1-12H3,(H,33,36)/t20-,23-/m0/s1. The van der Waals surface area contributed by atoms with Crippen molar-refractivity contribution in [2.75, 3.05) is 30.0 Å². The highest BCUT2D eigenvalue weighted by atomic mass is 35.5. The Labute approximate surface area is 261 Å². The lowest BCUT2D eigenvalue weighted by Crippen LogP contribution is -2.59. The molecular formula is C30H47ClN4O7Si. The summed E-state index contributed by atoms with van der Waals surface area (Å²) in [5.74, 6) is 0. The molecule has 1 fully saturated rings. The molecule has 2 rings (SSSR count). The summed E-state index contributed by atoms with van der Waals surface area (Å²) in [6.45, 7) is 21.4. The number of hydrogen-bond donors (Lipinski definition) is 1. The van der Waals surface area contributed by atoms with Crippen molar-refractivity contribution in [3.63, 3.8) is 0 Å². The molecule has 2 atom stereocenters. The number of amides is 3. The zero-order valence-electron chi connectivity index (χ0n) is 27.5. The summed E-state index contributed by atoms with van der Waals surface area (Å²) in [6.07, 6.45) is -2.50. The third-order valence-electron chi connectivity index (χ3n) is 7.20. The van der Waals surface area contributed by atoms with Gasteiger partial charge < -0.3 is 28.9 Å². The number of nitrogens with one attached hydrogen (secondary N) is 1. The molecule has 0 aliphatic carbocycles. The van der Waals surface area contributed by atoms with E-state index in [-0.39, 0.29) is 27.4 Å². The van der Waals surface area contributed by atoms with Gasteiger partial charge in [0.25, 0.3) is 0 Å². The number of alkyl carbamates (subject to hydrolysis) is 1. The van der Waals surface area contributed by atoms with Gasteiger partial charge in [-0.2, -0.15) is 10.2 Å². The Bertz CT molecular complexity index is 1220. The molecule has 0 radical (unpaired) electrons. The minimum Gasteiger partial charge on any atom is -0.453 e.